The van der Waals surface area contributed by atoms with E-state index in [1.54, 1.807) is 11.0 Å². The van der Waals surface area contributed by atoms with Gasteiger partial charge in [0.2, 0.25) is 0 Å². The Morgan fingerprint density at radius 1 is 1.31 bits per heavy atom. The van der Waals surface area contributed by atoms with E-state index < -0.39 is 0 Å². The Hall–Kier alpha value is -1.75. The van der Waals surface area contributed by atoms with Crippen LogP contribution in [0.3, 0.4) is 0 Å². The quantitative estimate of drug-likeness (QED) is 0.837. The average molecular weight is 217 g/mol. The van der Waals surface area contributed by atoms with Crippen molar-refractivity contribution in [3.05, 3.63) is 36.5 Å². The van der Waals surface area contributed by atoms with Gasteiger partial charge in [-0.25, -0.2) is 14.6 Å². The fraction of sp³-hybridized carbons (Fsp3) is 0.364. The molecule has 16 heavy (non-hydrogen) atoms. The number of hydrogen-bond acceptors (Lipinski definition) is 4. The molecule has 0 saturated carbocycles. The maximum absolute atomic E-state index is 4.36. The monoisotopic (exact) mass is 217 g/mol. The van der Waals surface area contributed by atoms with Gasteiger partial charge in [0.15, 0.2) is 5.82 Å². The topological polar surface area (TPSA) is 55.6 Å². The third kappa shape index (κ3) is 1.94. The van der Waals surface area contributed by atoms with Crippen LogP contribution in [-0.2, 0) is 5.54 Å². The molecule has 2 aromatic rings. The standard InChI is InChI=1S/C11H15N5/c1-11(2,12-3)9-4-5-10(14-6-9)16-8-13-7-15-16/h4-8,12H,1-3H3. The molecule has 0 spiro atoms. The van der Waals surface area contributed by atoms with Crippen LogP contribution in [0.15, 0.2) is 31.0 Å². The van der Waals surface area contributed by atoms with Crippen LogP contribution >= 0.6 is 0 Å². The Morgan fingerprint density at radius 3 is 2.62 bits per heavy atom. The highest BCUT2D eigenvalue weighted by Crippen LogP contribution is 2.18. The van der Waals surface area contributed by atoms with Gasteiger partial charge < -0.3 is 5.32 Å². The van der Waals surface area contributed by atoms with E-state index in [2.05, 4.69) is 34.2 Å². The van der Waals surface area contributed by atoms with Crippen molar-refractivity contribution < 1.29 is 0 Å². The van der Waals surface area contributed by atoms with Crippen LogP contribution < -0.4 is 5.32 Å². The molecule has 0 aliphatic heterocycles. The minimum Gasteiger partial charge on any atom is -0.311 e. The van der Waals surface area contributed by atoms with Crippen LogP contribution in [0.5, 0.6) is 0 Å². The zero-order valence-corrected chi connectivity index (χ0v) is 9.68. The Morgan fingerprint density at radius 2 is 2.12 bits per heavy atom. The summed E-state index contributed by atoms with van der Waals surface area (Å²) >= 11 is 0. The zero-order valence-electron chi connectivity index (χ0n) is 9.68. The molecule has 0 unspecified atom stereocenters. The second kappa shape index (κ2) is 4.02. The largest absolute Gasteiger partial charge is 0.311 e. The van der Waals surface area contributed by atoms with Crippen molar-refractivity contribution in [1.29, 1.82) is 0 Å². The van der Waals surface area contributed by atoms with Crippen LogP contribution in [-0.4, -0.2) is 26.8 Å². The zero-order chi connectivity index (χ0) is 11.6. The van der Waals surface area contributed by atoms with Gasteiger partial charge in [-0.2, -0.15) is 5.10 Å². The van der Waals surface area contributed by atoms with Crippen molar-refractivity contribution in [2.75, 3.05) is 7.05 Å². The minimum absolute atomic E-state index is 0.0755. The molecule has 0 aliphatic rings. The lowest BCUT2D eigenvalue weighted by molar-refractivity contribution is 0.443. The van der Waals surface area contributed by atoms with Crippen molar-refractivity contribution in [3.63, 3.8) is 0 Å². The number of nitrogens with one attached hydrogen (secondary N) is 1. The van der Waals surface area contributed by atoms with Gasteiger partial charge >= 0.3 is 0 Å². The molecule has 0 radical (unpaired) electrons. The summed E-state index contributed by atoms with van der Waals surface area (Å²) in [5, 5.41) is 7.26. The third-order valence-corrected chi connectivity index (χ3v) is 2.75. The number of pyridine rings is 1. The van der Waals surface area contributed by atoms with Crippen LogP contribution in [0.1, 0.15) is 19.4 Å². The van der Waals surface area contributed by atoms with Crippen LogP contribution in [0, 0.1) is 0 Å². The second-order valence-electron chi connectivity index (χ2n) is 4.12. The Labute approximate surface area is 94.5 Å². The van der Waals surface area contributed by atoms with Gasteiger partial charge in [-0.3, -0.25) is 0 Å². The van der Waals surface area contributed by atoms with Crippen molar-refractivity contribution in [2.24, 2.45) is 0 Å². The van der Waals surface area contributed by atoms with Crippen LogP contribution in [0.25, 0.3) is 5.82 Å². The number of hydrogen-bond donors (Lipinski definition) is 1. The fourth-order valence-corrected chi connectivity index (χ4v) is 1.36. The molecule has 0 aliphatic carbocycles. The Bertz CT molecular complexity index is 444. The van der Waals surface area contributed by atoms with E-state index >= 15 is 0 Å². The fourth-order valence-electron chi connectivity index (χ4n) is 1.36. The van der Waals surface area contributed by atoms with E-state index in [0.717, 1.165) is 11.4 Å². The summed E-state index contributed by atoms with van der Waals surface area (Å²) in [5.74, 6) is 0.771. The van der Waals surface area contributed by atoms with Gasteiger partial charge in [0.05, 0.1) is 0 Å². The van der Waals surface area contributed by atoms with Crippen molar-refractivity contribution in [3.8, 4) is 5.82 Å². The molecule has 0 atom stereocenters. The van der Waals surface area contributed by atoms with Gasteiger partial charge in [-0.15, -0.1) is 0 Å². The maximum Gasteiger partial charge on any atom is 0.155 e. The highest BCUT2D eigenvalue weighted by atomic mass is 15.3. The summed E-state index contributed by atoms with van der Waals surface area (Å²) in [7, 11) is 1.94. The summed E-state index contributed by atoms with van der Waals surface area (Å²) < 4.78 is 1.64. The Balaban J connectivity index is 2.30. The summed E-state index contributed by atoms with van der Waals surface area (Å²) in [6, 6.07) is 3.98. The first-order valence-electron chi connectivity index (χ1n) is 5.14. The van der Waals surface area contributed by atoms with Crippen LogP contribution in [0.2, 0.25) is 0 Å². The predicted molar refractivity (Wildman–Crippen MR) is 61.2 cm³/mol. The molecule has 5 nitrogen and oxygen atoms in total. The molecule has 1 N–H and O–H groups in total. The van der Waals surface area contributed by atoms with E-state index in [-0.39, 0.29) is 5.54 Å². The molecule has 0 fully saturated rings. The molecule has 0 amide bonds. The minimum atomic E-state index is -0.0755. The average Bonchev–Trinajstić information content (AvgIpc) is 2.83. The van der Waals surface area contributed by atoms with Gasteiger partial charge in [0.25, 0.3) is 0 Å². The second-order valence-corrected chi connectivity index (χ2v) is 4.12. The predicted octanol–water partition coefficient (Wildman–Crippen LogP) is 1.12. The van der Waals surface area contributed by atoms with Gasteiger partial charge in [0, 0.05) is 11.7 Å². The van der Waals surface area contributed by atoms with E-state index in [0.29, 0.717) is 0 Å². The summed E-state index contributed by atoms with van der Waals surface area (Å²) in [6.45, 7) is 4.22. The molecule has 2 rings (SSSR count). The highest BCUT2D eigenvalue weighted by molar-refractivity contribution is 5.27. The number of nitrogens with zero attached hydrogens (tertiary/aromatic N) is 4. The normalized spacial score (nSPS) is 11.7. The van der Waals surface area contributed by atoms with E-state index in [4.69, 9.17) is 0 Å². The first-order valence-corrected chi connectivity index (χ1v) is 5.14. The number of aromatic nitrogens is 4. The Kier molecular flexibility index (Phi) is 2.70. The molecule has 0 saturated heterocycles. The molecule has 5 heteroatoms. The summed E-state index contributed by atoms with van der Waals surface area (Å²) in [4.78, 5) is 8.24. The molecule has 0 bridgehead atoms. The third-order valence-electron chi connectivity index (χ3n) is 2.75. The van der Waals surface area contributed by atoms with Crippen molar-refractivity contribution in [2.45, 2.75) is 19.4 Å². The highest BCUT2D eigenvalue weighted by Gasteiger charge is 2.17. The lowest BCUT2D eigenvalue weighted by Crippen LogP contribution is -2.33. The number of rotatable bonds is 3. The lowest BCUT2D eigenvalue weighted by Gasteiger charge is -2.24. The molecule has 84 valence electrons. The molecule has 2 aromatic heterocycles. The van der Waals surface area contributed by atoms with Gasteiger partial charge in [-0.1, -0.05) is 6.07 Å². The molecular weight excluding hydrogens is 202 g/mol. The van der Waals surface area contributed by atoms with Gasteiger partial charge in [-0.05, 0) is 32.5 Å². The van der Waals surface area contributed by atoms with E-state index in [1.165, 1.54) is 6.33 Å². The summed E-state index contributed by atoms with van der Waals surface area (Å²) in [5.41, 5.74) is 1.06. The van der Waals surface area contributed by atoms with Gasteiger partial charge in [0.1, 0.15) is 12.7 Å². The van der Waals surface area contributed by atoms with E-state index in [1.807, 2.05) is 25.4 Å². The van der Waals surface area contributed by atoms with Crippen molar-refractivity contribution >= 4 is 0 Å². The summed E-state index contributed by atoms with van der Waals surface area (Å²) in [6.07, 6.45) is 4.98. The lowest BCUT2D eigenvalue weighted by atomic mass is 9.96. The van der Waals surface area contributed by atoms with Crippen molar-refractivity contribution in [1.82, 2.24) is 25.1 Å². The first kappa shape index (κ1) is 10.8. The molecule has 0 aromatic carbocycles. The van der Waals surface area contributed by atoms with Crippen LogP contribution in [0.4, 0.5) is 0 Å². The SMILES string of the molecule is CNC(C)(C)c1ccc(-n2cncn2)nc1. The first-order chi connectivity index (χ1) is 7.63. The smallest absolute Gasteiger partial charge is 0.155 e. The molecule has 2 heterocycles. The maximum atomic E-state index is 4.36. The molecular formula is C11H15N5. The van der Waals surface area contributed by atoms with E-state index in [9.17, 15) is 0 Å².